The van der Waals surface area contributed by atoms with Gasteiger partial charge in [-0.25, -0.2) is 0 Å². The first-order chi connectivity index (χ1) is 8.54. The molecule has 1 aromatic rings. The molecule has 5 nitrogen and oxygen atoms in total. The van der Waals surface area contributed by atoms with Crippen molar-refractivity contribution in [3.8, 4) is 11.8 Å². The van der Waals surface area contributed by atoms with Crippen molar-refractivity contribution in [1.29, 1.82) is 5.26 Å². The molecule has 96 valence electrons. The highest BCUT2D eigenvalue weighted by Gasteiger charge is 2.10. The van der Waals surface area contributed by atoms with Crippen LogP contribution in [0.3, 0.4) is 0 Å². The number of rotatable bonds is 5. The van der Waals surface area contributed by atoms with Crippen LogP contribution in [-0.2, 0) is 4.79 Å². The quantitative estimate of drug-likeness (QED) is 0.806. The minimum Gasteiger partial charge on any atom is -0.483 e. The van der Waals surface area contributed by atoms with Gasteiger partial charge >= 0.3 is 0 Å². The first-order valence-electron chi connectivity index (χ1n) is 5.36. The molecule has 0 aromatic heterocycles. The number of nitrogens with two attached hydrogens (primary N) is 1. The summed E-state index contributed by atoms with van der Waals surface area (Å²) in [5.41, 5.74) is 6.64. The average Bonchev–Trinajstić information content (AvgIpc) is 2.34. The number of hydrogen-bond acceptors (Lipinski definition) is 4. The van der Waals surface area contributed by atoms with E-state index in [9.17, 15) is 4.79 Å². The Hall–Kier alpha value is -1.58. The minimum absolute atomic E-state index is 0.0251. The van der Waals surface area contributed by atoms with Gasteiger partial charge in [0.25, 0.3) is 5.91 Å². The Balaban J connectivity index is 2.67. The molecule has 0 aliphatic rings. The fraction of sp³-hybridized carbons (Fsp3) is 0.333. The van der Waals surface area contributed by atoms with E-state index in [0.717, 1.165) is 10.0 Å². The molecule has 0 aliphatic heterocycles. The molecule has 0 saturated carbocycles. The topological polar surface area (TPSA) is 88.1 Å². The highest BCUT2D eigenvalue weighted by atomic mass is 79.9. The molecule has 0 fully saturated rings. The molecule has 0 aliphatic carbocycles. The molecule has 3 N–H and O–H groups in total. The van der Waals surface area contributed by atoms with E-state index in [4.69, 9.17) is 15.7 Å². The number of carbonyl (C=O) groups is 1. The molecular formula is C12H14BrN3O2. The monoisotopic (exact) mass is 311 g/mol. The normalized spacial score (nSPS) is 11.4. The van der Waals surface area contributed by atoms with Crippen molar-refractivity contribution in [3.63, 3.8) is 0 Å². The highest BCUT2D eigenvalue weighted by Crippen LogP contribution is 2.27. The van der Waals surface area contributed by atoms with Crippen LogP contribution in [0.25, 0.3) is 0 Å². The zero-order chi connectivity index (χ0) is 13.5. The Morgan fingerprint density at radius 3 is 3.00 bits per heavy atom. The number of nitriles is 1. The van der Waals surface area contributed by atoms with Crippen LogP contribution >= 0.6 is 15.9 Å². The first kappa shape index (κ1) is 14.5. The predicted molar refractivity (Wildman–Crippen MR) is 70.9 cm³/mol. The van der Waals surface area contributed by atoms with E-state index in [-0.39, 0.29) is 25.1 Å². The van der Waals surface area contributed by atoms with Gasteiger partial charge in [-0.1, -0.05) is 15.9 Å². The van der Waals surface area contributed by atoms with Crippen molar-refractivity contribution in [3.05, 3.63) is 28.2 Å². The standard InChI is InChI=1S/C12H14BrN3O2/c1-8(15)10-6-9(13)2-3-11(10)18-7-12(17)16-5-4-14/h2-3,6,8H,5,7,15H2,1H3,(H,16,17). The third-order valence-corrected chi connectivity index (χ3v) is 2.68. The lowest BCUT2D eigenvalue weighted by molar-refractivity contribution is -0.122. The number of ether oxygens (including phenoxy) is 1. The van der Waals surface area contributed by atoms with Gasteiger partial charge in [-0.2, -0.15) is 5.26 Å². The Kier molecular flexibility index (Phi) is 5.62. The molecule has 1 rings (SSSR count). The van der Waals surface area contributed by atoms with E-state index in [1.165, 1.54) is 0 Å². The second-order valence-electron chi connectivity index (χ2n) is 3.69. The molecule has 1 amide bonds. The van der Waals surface area contributed by atoms with Gasteiger partial charge in [0.1, 0.15) is 12.3 Å². The van der Waals surface area contributed by atoms with Gasteiger partial charge in [0, 0.05) is 16.1 Å². The zero-order valence-corrected chi connectivity index (χ0v) is 11.5. The summed E-state index contributed by atoms with van der Waals surface area (Å²) in [5.74, 6) is 0.232. The predicted octanol–water partition coefficient (Wildman–Crippen LogP) is 1.49. The average molecular weight is 312 g/mol. The van der Waals surface area contributed by atoms with Crippen molar-refractivity contribution in [2.24, 2.45) is 5.73 Å². The molecule has 0 bridgehead atoms. The number of hydrogen-bond donors (Lipinski definition) is 2. The molecule has 18 heavy (non-hydrogen) atoms. The van der Waals surface area contributed by atoms with E-state index in [2.05, 4.69) is 21.2 Å². The van der Waals surface area contributed by atoms with Gasteiger partial charge < -0.3 is 15.8 Å². The molecule has 1 unspecified atom stereocenters. The SMILES string of the molecule is CC(N)c1cc(Br)ccc1OCC(=O)NCC#N. The Morgan fingerprint density at radius 1 is 1.67 bits per heavy atom. The second kappa shape index (κ2) is 6.99. The summed E-state index contributed by atoms with van der Waals surface area (Å²) >= 11 is 3.35. The maximum atomic E-state index is 11.3. The van der Waals surface area contributed by atoms with E-state index in [0.29, 0.717) is 5.75 Å². The van der Waals surface area contributed by atoms with Crippen molar-refractivity contribution in [2.45, 2.75) is 13.0 Å². The molecule has 1 atom stereocenters. The second-order valence-corrected chi connectivity index (χ2v) is 4.61. The summed E-state index contributed by atoms with van der Waals surface area (Å²) < 4.78 is 6.29. The van der Waals surface area contributed by atoms with Crippen LogP contribution in [0.5, 0.6) is 5.75 Å². The smallest absolute Gasteiger partial charge is 0.258 e. The lowest BCUT2D eigenvalue weighted by Gasteiger charge is -2.14. The number of amides is 1. The van der Waals surface area contributed by atoms with Crippen LogP contribution in [0, 0.1) is 11.3 Å². The Labute approximate surface area is 114 Å². The molecule has 0 heterocycles. The van der Waals surface area contributed by atoms with Crippen LogP contribution in [0.15, 0.2) is 22.7 Å². The molecule has 0 saturated heterocycles. The van der Waals surface area contributed by atoms with Crippen LogP contribution in [-0.4, -0.2) is 19.1 Å². The van der Waals surface area contributed by atoms with Crippen LogP contribution in [0.4, 0.5) is 0 Å². The largest absolute Gasteiger partial charge is 0.483 e. The van der Waals surface area contributed by atoms with Gasteiger partial charge in [-0.05, 0) is 25.1 Å². The highest BCUT2D eigenvalue weighted by molar-refractivity contribution is 9.10. The van der Waals surface area contributed by atoms with Crippen LogP contribution < -0.4 is 15.8 Å². The summed E-state index contributed by atoms with van der Waals surface area (Å²) in [6, 6.07) is 7.04. The first-order valence-corrected chi connectivity index (χ1v) is 6.15. The number of nitrogens with one attached hydrogen (secondary N) is 1. The summed E-state index contributed by atoms with van der Waals surface area (Å²) in [5, 5.41) is 10.7. The fourth-order valence-electron chi connectivity index (χ4n) is 1.34. The summed E-state index contributed by atoms with van der Waals surface area (Å²) in [6.45, 7) is 1.68. The number of carbonyl (C=O) groups excluding carboxylic acids is 1. The maximum Gasteiger partial charge on any atom is 0.258 e. The van der Waals surface area contributed by atoms with Crippen molar-refractivity contribution in [1.82, 2.24) is 5.32 Å². The van der Waals surface area contributed by atoms with Gasteiger partial charge in [0.15, 0.2) is 6.61 Å². The summed E-state index contributed by atoms with van der Waals surface area (Å²) in [7, 11) is 0. The zero-order valence-electron chi connectivity index (χ0n) is 9.94. The van der Waals surface area contributed by atoms with E-state index in [1.54, 1.807) is 6.07 Å². The third-order valence-electron chi connectivity index (χ3n) is 2.19. The van der Waals surface area contributed by atoms with Crippen molar-refractivity contribution >= 4 is 21.8 Å². The van der Waals surface area contributed by atoms with Crippen molar-refractivity contribution < 1.29 is 9.53 Å². The van der Waals surface area contributed by atoms with E-state index in [1.807, 2.05) is 25.1 Å². The van der Waals surface area contributed by atoms with Gasteiger partial charge in [0.2, 0.25) is 0 Å². The Bertz CT molecular complexity index is 469. The van der Waals surface area contributed by atoms with Crippen LogP contribution in [0.2, 0.25) is 0 Å². The molecule has 0 radical (unpaired) electrons. The summed E-state index contributed by atoms with van der Waals surface area (Å²) in [4.78, 5) is 11.3. The van der Waals surface area contributed by atoms with Crippen LogP contribution in [0.1, 0.15) is 18.5 Å². The maximum absolute atomic E-state index is 11.3. The molecule has 1 aromatic carbocycles. The number of halogens is 1. The summed E-state index contributed by atoms with van der Waals surface area (Å²) in [6.07, 6.45) is 0. The molecule has 0 spiro atoms. The van der Waals surface area contributed by atoms with E-state index < -0.39 is 0 Å². The Morgan fingerprint density at radius 2 is 2.39 bits per heavy atom. The van der Waals surface area contributed by atoms with Crippen molar-refractivity contribution in [2.75, 3.05) is 13.2 Å². The fourth-order valence-corrected chi connectivity index (χ4v) is 1.72. The minimum atomic E-state index is -0.338. The number of benzene rings is 1. The van der Waals surface area contributed by atoms with Gasteiger partial charge in [-0.15, -0.1) is 0 Å². The molecular weight excluding hydrogens is 298 g/mol. The molecule has 6 heteroatoms. The van der Waals surface area contributed by atoms with Gasteiger partial charge in [-0.3, -0.25) is 4.79 Å². The lowest BCUT2D eigenvalue weighted by Crippen LogP contribution is -2.29. The van der Waals surface area contributed by atoms with E-state index >= 15 is 0 Å². The van der Waals surface area contributed by atoms with Gasteiger partial charge in [0.05, 0.1) is 6.07 Å². The number of nitrogens with zero attached hydrogens (tertiary/aromatic N) is 1. The third kappa shape index (κ3) is 4.35. The lowest BCUT2D eigenvalue weighted by atomic mass is 10.1.